The summed E-state index contributed by atoms with van der Waals surface area (Å²) < 4.78 is 19.4. The second-order valence-electron chi connectivity index (χ2n) is 4.59. The summed E-state index contributed by atoms with van der Waals surface area (Å²) in [4.78, 5) is 0. The molecule has 0 bridgehead atoms. The SMILES string of the molecule is CCCc1ccc(Oc2cccc(F)c2C(N)=NO)cc1. The predicted octanol–water partition coefficient (Wildman–Crippen LogP) is 3.67. The van der Waals surface area contributed by atoms with E-state index in [0.717, 1.165) is 12.8 Å². The number of nitrogens with two attached hydrogens (primary N) is 1. The highest BCUT2D eigenvalue weighted by atomic mass is 19.1. The average molecular weight is 288 g/mol. The van der Waals surface area contributed by atoms with Crippen molar-refractivity contribution in [3.63, 3.8) is 0 Å². The van der Waals surface area contributed by atoms with Gasteiger partial charge in [0, 0.05) is 0 Å². The van der Waals surface area contributed by atoms with Crippen LogP contribution in [0.25, 0.3) is 0 Å². The molecule has 110 valence electrons. The third-order valence-corrected chi connectivity index (χ3v) is 3.03. The van der Waals surface area contributed by atoms with E-state index in [0.29, 0.717) is 5.75 Å². The van der Waals surface area contributed by atoms with Crippen molar-refractivity contribution in [1.29, 1.82) is 0 Å². The maximum Gasteiger partial charge on any atom is 0.176 e. The largest absolute Gasteiger partial charge is 0.456 e. The lowest BCUT2D eigenvalue weighted by Crippen LogP contribution is -2.16. The van der Waals surface area contributed by atoms with Gasteiger partial charge in [-0.3, -0.25) is 0 Å². The lowest BCUT2D eigenvalue weighted by molar-refractivity contribution is 0.318. The number of rotatable bonds is 5. The second-order valence-corrected chi connectivity index (χ2v) is 4.59. The summed E-state index contributed by atoms with van der Waals surface area (Å²) >= 11 is 0. The number of ether oxygens (including phenoxy) is 1. The van der Waals surface area contributed by atoms with Gasteiger partial charge in [-0.2, -0.15) is 0 Å². The Balaban J connectivity index is 2.29. The van der Waals surface area contributed by atoms with Crippen LogP contribution in [-0.2, 0) is 6.42 Å². The Hall–Kier alpha value is -2.56. The molecular formula is C16H17FN2O2. The number of amidine groups is 1. The molecule has 0 aromatic heterocycles. The van der Waals surface area contributed by atoms with Crippen LogP contribution < -0.4 is 10.5 Å². The van der Waals surface area contributed by atoms with Gasteiger partial charge in [0.2, 0.25) is 0 Å². The molecule has 0 atom stereocenters. The molecule has 0 heterocycles. The Kier molecular flexibility index (Phi) is 4.77. The molecule has 0 fully saturated rings. The lowest BCUT2D eigenvalue weighted by Gasteiger charge is -2.11. The Morgan fingerprint density at radius 1 is 1.24 bits per heavy atom. The van der Waals surface area contributed by atoms with Gasteiger partial charge in [-0.15, -0.1) is 0 Å². The van der Waals surface area contributed by atoms with Crippen molar-refractivity contribution in [1.82, 2.24) is 0 Å². The molecule has 4 nitrogen and oxygen atoms in total. The highest BCUT2D eigenvalue weighted by Gasteiger charge is 2.14. The van der Waals surface area contributed by atoms with Crippen molar-refractivity contribution in [2.75, 3.05) is 0 Å². The first-order valence-corrected chi connectivity index (χ1v) is 6.69. The minimum Gasteiger partial charge on any atom is -0.456 e. The molecule has 0 aliphatic heterocycles. The molecule has 0 radical (unpaired) electrons. The van der Waals surface area contributed by atoms with Gasteiger partial charge in [0.05, 0.1) is 5.56 Å². The number of halogens is 1. The van der Waals surface area contributed by atoms with Gasteiger partial charge in [0.1, 0.15) is 17.3 Å². The zero-order chi connectivity index (χ0) is 15.2. The van der Waals surface area contributed by atoms with E-state index in [9.17, 15) is 4.39 Å². The van der Waals surface area contributed by atoms with Gasteiger partial charge in [-0.1, -0.05) is 36.7 Å². The fraction of sp³-hybridized carbons (Fsp3) is 0.188. The van der Waals surface area contributed by atoms with Crippen molar-refractivity contribution < 1.29 is 14.3 Å². The summed E-state index contributed by atoms with van der Waals surface area (Å²) in [5, 5.41) is 11.6. The third kappa shape index (κ3) is 3.51. The van der Waals surface area contributed by atoms with E-state index in [1.807, 2.05) is 24.3 Å². The van der Waals surface area contributed by atoms with Crippen molar-refractivity contribution in [2.45, 2.75) is 19.8 Å². The van der Waals surface area contributed by atoms with Crippen molar-refractivity contribution in [2.24, 2.45) is 10.9 Å². The summed E-state index contributed by atoms with van der Waals surface area (Å²) in [6.07, 6.45) is 2.06. The Bertz CT molecular complexity index is 639. The van der Waals surface area contributed by atoms with Gasteiger partial charge < -0.3 is 15.7 Å². The monoisotopic (exact) mass is 288 g/mol. The van der Waals surface area contributed by atoms with E-state index in [-0.39, 0.29) is 17.1 Å². The predicted molar refractivity (Wildman–Crippen MR) is 79.4 cm³/mol. The first-order valence-electron chi connectivity index (χ1n) is 6.69. The van der Waals surface area contributed by atoms with Gasteiger partial charge in [-0.25, -0.2) is 4.39 Å². The highest BCUT2D eigenvalue weighted by molar-refractivity contribution is 5.99. The van der Waals surface area contributed by atoms with Crippen LogP contribution in [0.15, 0.2) is 47.6 Å². The summed E-state index contributed by atoms with van der Waals surface area (Å²) in [5.74, 6) is -0.169. The fourth-order valence-electron chi connectivity index (χ4n) is 2.03. The number of hydrogen-bond donors (Lipinski definition) is 2. The maximum absolute atomic E-state index is 13.8. The fourth-order valence-corrected chi connectivity index (χ4v) is 2.03. The van der Waals surface area contributed by atoms with Crippen LogP contribution >= 0.6 is 0 Å². The molecule has 0 unspecified atom stereocenters. The van der Waals surface area contributed by atoms with Gasteiger partial charge in [0.25, 0.3) is 0 Å². The first-order chi connectivity index (χ1) is 10.2. The molecule has 2 aromatic rings. The lowest BCUT2D eigenvalue weighted by atomic mass is 10.1. The van der Waals surface area contributed by atoms with Crippen LogP contribution in [0.2, 0.25) is 0 Å². The van der Waals surface area contributed by atoms with E-state index >= 15 is 0 Å². The average Bonchev–Trinajstić information content (AvgIpc) is 2.49. The van der Waals surface area contributed by atoms with Crippen LogP contribution in [0.5, 0.6) is 11.5 Å². The topological polar surface area (TPSA) is 67.8 Å². The van der Waals surface area contributed by atoms with Crippen LogP contribution in [0.4, 0.5) is 4.39 Å². The zero-order valence-corrected chi connectivity index (χ0v) is 11.7. The van der Waals surface area contributed by atoms with Crippen LogP contribution in [-0.4, -0.2) is 11.0 Å². The molecule has 0 aliphatic carbocycles. The summed E-state index contributed by atoms with van der Waals surface area (Å²) in [5.41, 5.74) is 6.64. The highest BCUT2D eigenvalue weighted by Crippen LogP contribution is 2.27. The molecule has 0 amide bonds. The van der Waals surface area contributed by atoms with Gasteiger partial charge in [0.15, 0.2) is 5.84 Å². The first kappa shape index (κ1) is 14.8. The summed E-state index contributed by atoms with van der Waals surface area (Å²) in [6, 6.07) is 11.8. The quantitative estimate of drug-likeness (QED) is 0.382. The number of aryl methyl sites for hydroxylation is 1. The van der Waals surface area contributed by atoms with E-state index in [2.05, 4.69) is 12.1 Å². The van der Waals surface area contributed by atoms with Crippen LogP contribution in [0.3, 0.4) is 0 Å². The van der Waals surface area contributed by atoms with E-state index in [1.54, 1.807) is 6.07 Å². The molecule has 0 spiro atoms. The van der Waals surface area contributed by atoms with Gasteiger partial charge in [-0.05, 0) is 36.2 Å². The van der Waals surface area contributed by atoms with Crippen molar-refractivity contribution in [3.8, 4) is 11.5 Å². The molecule has 2 aromatic carbocycles. The zero-order valence-electron chi connectivity index (χ0n) is 11.7. The second kappa shape index (κ2) is 6.74. The molecule has 3 N–H and O–H groups in total. The summed E-state index contributed by atoms with van der Waals surface area (Å²) in [6.45, 7) is 2.11. The number of benzene rings is 2. The minimum absolute atomic E-state index is 0.0577. The van der Waals surface area contributed by atoms with E-state index < -0.39 is 5.82 Å². The number of nitrogens with zero attached hydrogens (tertiary/aromatic N) is 1. The summed E-state index contributed by atoms with van der Waals surface area (Å²) in [7, 11) is 0. The van der Waals surface area contributed by atoms with Crippen molar-refractivity contribution in [3.05, 3.63) is 59.4 Å². The Labute approximate surface area is 122 Å². The standard InChI is InChI=1S/C16H17FN2O2/c1-2-4-11-7-9-12(10-8-11)21-14-6-3-5-13(17)15(14)16(18)19-20/h3,5-10,20H,2,4H2,1H3,(H2,18,19). The Morgan fingerprint density at radius 3 is 2.57 bits per heavy atom. The van der Waals surface area contributed by atoms with Crippen molar-refractivity contribution >= 4 is 5.84 Å². The molecule has 0 saturated heterocycles. The van der Waals surface area contributed by atoms with Gasteiger partial charge >= 0.3 is 0 Å². The molecular weight excluding hydrogens is 271 g/mol. The molecule has 5 heteroatoms. The Morgan fingerprint density at radius 2 is 1.95 bits per heavy atom. The molecule has 0 saturated carbocycles. The smallest absolute Gasteiger partial charge is 0.176 e. The molecule has 21 heavy (non-hydrogen) atoms. The van der Waals surface area contributed by atoms with Crippen LogP contribution in [0.1, 0.15) is 24.5 Å². The normalized spacial score (nSPS) is 11.4. The maximum atomic E-state index is 13.8. The van der Waals surface area contributed by atoms with E-state index in [4.69, 9.17) is 15.7 Å². The molecule has 0 aliphatic rings. The number of hydrogen-bond acceptors (Lipinski definition) is 3. The molecule has 2 rings (SSSR count). The van der Waals surface area contributed by atoms with Crippen LogP contribution in [0, 0.1) is 5.82 Å². The van der Waals surface area contributed by atoms with E-state index in [1.165, 1.54) is 17.7 Å². The number of oxime groups is 1. The minimum atomic E-state index is -0.606. The third-order valence-electron chi connectivity index (χ3n) is 3.03.